The first-order valence-corrected chi connectivity index (χ1v) is 9.78. The van der Waals surface area contributed by atoms with Gasteiger partial charge in [0, 0.05) is 33.4 Å². The summed E-state index contributed by atoms with van der Waals surface area (Å²) >= 11 is 6.04. The maximum absolute atomic E-state index is 13.2. The van der Waals surface area contributed by atoms with Crippen molar-refractivity contribution in [3.05, 3.63) is 58.7 Å². The molecule has 4 nitrogen and oxygen atoms in total. The Bertz CT molecular complexity index is 986. The third kappa shape index (κ3) is 3.47. The molecular formula is C22H23ClN2O2. The van der Waals surface area contributed by atoms with E-state index in [0.29, 0.717) is 11.6 Å². The number of piperidine rings is 1. The van der Waals surface area contributed by atoms with Crippen molar-refractivity contribution in [2.75, 3.05) is 19.6 Å². The molecule has 0 atom stereocenters. The normalized spacial score (nSPS) is 15.3. The second-order valence-corrected chi connectivity index (χ2v) is 7.67. The van der Waals surface area contributed by atoms with E-state index >= 15 is 0 Å². The Morgan fingerprint density at radius 2 is 1.78 bits per heavy atom. The molecule has 140 valence electrons. The Hall–Kier alpha value is -2.30. The Balaban J connectivity index is 1.82. The SMILES string of the molecule is Cc1c(C(=O)CN2CCCCC2)c2ccc(O)cc2n1-c1ccc(Cl)cc1. The predicted octanol–water partition coefficient (Wildman–Crippen LogP) is 4.97. The van der Waals surface area contributed by atoms with Gasteiger partial charge in [-0.05, 0) is 69.3 Å². The molecule has 0 saturated carbocycles. The summed E-state index contributed by atoms with van der Waals surface area (Å²) in [6, 6.07) is 12.7. The summed E-state index contributed by atoms with van der Waals surface area (Å²) in [5.41, 5.74) is 3.38. The van der Waals surface area contributed by atoms with Crippen LogP contribution in [0.3, 0.4) is 0 Å². The molecule has 0 aliphatic carbocycles. The lowest BCUT2D eigenvalue weighted by atomic mass is 10.0. The minimum absolute atomic E-state index is 0.137. The maximum atomic E-state index is 13.2. The fourth-order valence-corrected chi connectivity index (χ4v) is 4.20. The number of halogens is 1. The third-order valence-corrected chi connectivity index (χ3v) is 5.62. The number of likely N-dealkylation sites (tertiary alicyclic amines) is 1. The number of fused-ring (bicyclic) bond motifs is 1. The van der Waals surface area contributed by atoms with Crippen LogP contribution in [0.4, 0.5) is 0 Å². The number of Topliss-reactive ketones (excluding diaryl/α,β-unsaturated/α-hetero) is 1. The lowest BCUT2D eigenvalue weighted by molar-refractivity contribution is 0.0916. The molecule has 2 aromatic carbocycles. The van der Waals surface area contributed by atoms with Crippen LogP contribution in [0.15, 0.2) is 42.5 Å². The highest BCUT2D eigenvalue weighted by Gasteiger charge is 2.23. The molecule has 1 fully saturated rings. The van der Waals surface area contributed by atoms with Gasteiger partial charge in [0.25, 0.3) is 0 Å². The Morgan fingerprint density at radius 3 is 2.48 bits per heavy atom. The number of nitrogens with zero attached hydrogens (tertiary/aromatic N) is 2. The molecule has 2 heterocycles. The Kier molecular flexibility index (Phi) is 4.94. The Morgan fingerprint density at radius 1 is 1.07 bits per heavy atom. The van der Waals surface area contributed by atoms with Crippen LogP contribution in [-0.4, -0.2) is 40.0 Å². The van der Waals surface area contributed by atoms with Gasteiger partial charge in [-0.2, -0.15) is 0 Å². The van der Waals surface area contributed by atoms with E-state index < -0.39 is 0 Å². The molecule has 0 amide bonds. The van der Waals surface area contributed by atoms with Crippen LogP contribution in [0, 0.1) is 6.92 Å². The van der Waals surface area contributed by atoms with Crippen molar-refractivity contribution in [2.24, 2.45) is 0 Å². The van der Waals surface area contributed by atoms with Gasteiger partial charge >= 0.3 is 0 Å². The van der Waals surface area contributed by atoms with Crippen molar-refractivity contribution < 1.29 is 9.90 Å². The standard InChI is InChI=1S/C22H23ClN2O2/c1-15-22(21(27)14-24-11-3-2-4-12-24)19-10-9-18(26)13-20(19)25(15)17-7-5-16(23)6-8-17/h5-10,13,26H,2-4,11-12,14H2,1H3. The number of hydrogen-bond acceptors (Lipinski definition) is 3. The van der Waals surface area contributed by atoms with Crippen LogP contribution >= 0.6 is 11.6 Å². The number of phenols is 1. The fourth-order valence-electron chi connectivity index (χ4n) is 4.08. The molecule has 0 bridgehead atoms. The smallest absolute Gasteiger partial charge is 0.179 e. The molecule has 3 aromatic rings. The lowest BCUT2D eigenvalue weighted by Crippen LogP contribution is -2.34. The van der Waals surface area contributed by atoms with E-state index in [-0.39, 0.29) is 11.5 Å². The first-order valence-electron chi connectivity index (χ1n) is 9.40. The number of benzene rings is 2. The average molecular weight is 383 g/mol. The third-order valence-electron chi connectivity index (χ3n) is 5.37. The number of hydrogen-bond donors (Lipinski definition) is 1. The molecule has 1 aromatic heterocycles. The minimum Gasteiger partial charge on any atom is -0.508 e. The van der Waals surface area contributed by atoms with Gasteiger partial charge in [-0.25, -0.2) is 0 Å². The van der Waals surface area contributed by atoms with Gasteiger partial charge in [0.2, 0.25) is 0 Å². The highest BCUT2D eigenvalue weighted by Crippen LogP contribution is 2.32. The average Bonchev–Trinajstić information content (AvgIpc) is 2.94. The van der Waals surface area contributed by atoms with Crippen LogP contribution in [-0.2, 0) is 0 Å². The van der Waals surface area contributed by atoms with Crippen molar-refractivity contribution in [1.29, 1.82) is 0 Å². The monoisotopic (exact) mass is 382 g/mol. The summed E-state index contributed by atoms with van der Waals surface area (Å²) in [5.74, 6) is 0.322. The summed E-state index contributed by atoms with van der Waals surface area (Å²) in [6.07, 6.45) is 3.57. The van der Waals surface area contributed by atoms with Crippen molar-refractivity contribution in [1.82, 2.24) is 9.47 Å². The number of rotatable bonds is 4. The summed E-state index contributed by atoms with van der Waals surface area (Å²) < 4.78 is 2.02. The highest BCUT2D eigenvalue weighted by atomic mass is 35.5. The van der Waals surface area contributed by atoms with Crippen molar-refractivity contribution >= 4 is 28.3 Å². The molecule has 4 rings (SSSR count). The number of aromatic hydroxyl groups is 1. The number of phenolic OH excluding ortho intramolecular Hbond substituents is 1. The van der Waals surface area contributed by atoms with Gasteiger partial charge in [-0.3, -0.25) is 9.69 Å². The van der Waals surface area contributed by atoms with E-state index in [1.54, 1.807) is 12.1 Å². The van der Waals surface area contributed by atoms with Crippen LogP contribution in [0.5, 0.6) is 5.75 Å². The van der Waals surface area contributed by atoms with E-state index in [4.69, 9.17) is 11.6 Å². The topological polar surface area (TPSA) is 45.5 Å². The van der Waals surface area contributed by atoms with Crippen molar-refractivity contribution in [2.45, 2.75) is 26.2 Å². The zero-order valence-electron chi connectivity index (χ0n) is 15.4. The molecule has 1 aliphatic heterocycles. The molecule has 1 aliphatic rings. The lowest BCUT2D eigenvalue weighted by Gasteiger charge is -2.25. The second kappa shape index (κ2) is 7.37. The molecule has 0 radical (unpaired) electrons. The van der Waals surface area contributed by atoms with Gasteiger partial charge in [-0.15, -0.1) is 0 Å². The molecule has 0 unspecified atom stereocenters. The zero-order chi connectivity index (χ0) is 19.0. The molecular weight excluding hydrogens is 360 g/mol. The zero-order valence-corrected chi connectivity index (χ0v) is 16.2. The predicted molar refractivity (Wildman–Crippen MR) is 109 cm³/mol. The molecule has 0 spiro atoms. The van der Waals surface area contributed by atoms with Gasteiger partial charge in [0.1, 0.15) is 5.75 Å². The largest absolute Gasteiger partial charge is 0.508 e. The van der Waals surface area contributed by atoms with E-state index in [2.05, 4.69) is 4.90 Å². The Labute approximate surface area is 164 Å². The second-order valence-electron chi connectivity index (χ2n) is 7.23. The van der Waals surface area contributed by atoms with Crippen LogP contribution in [0.1, 0.15) is 35.3 Å². The maximum Gasteiger partial charge on any atom is 0.179 e. The number of ketones is 1. The fraction of sp³-hybridized carbons (Fsp3) is 0.318. The molecule has 5 heteroatoms. The summed E-state index contributed by atoms with van der Waals surface area (Å²) in [6.45, 7) is 4.39. The van der Waals surface area contributed by atoms with E-state index in [0.717, 1.165) is 53.8 Å². The van der Waals surface area contributed by atoms with Gasteiger partial charge in [0.05, 0.1) is 12.1 Å². The molecule has 27 heavy (non-hydrogen) atoms. The molecule has 1 N–H and O–H groups in total. The van der Waals surface area contributed by atoms with E-state index in [1.807, 2.05) is 41.8 Å². The summed E-state index contributed by atoms with van der Waals surface area (Å²) in [4.78, 5) is 15.4. The van der Waals surface area contributed by atoms with E-state index in [9.17, 15) is 9.90 Å². The highest BCUT2D eigenvalue weighted by molar-refractivity contribution is 6.30. The summed E-state index contributed by atoms with van der Waals surface area (Å²) in [7, 11) is 0. The summed E-state index contributed by atoms with van der Waals surface area (Å²) in [5, 5.41) is 11.6. The first kappa shape index (κ1) is 18.1. The van der Waals surface area contributed by atoms with Crippen LogP contribution < -0.4 is 0 Å². The van der Waals surface area contributed by atoms with Gasteiger partial charge < -0.3 is 9.67 Å². The van der Waals surface area contributed by atoms with Crippen LogP contribution in [0.2, 0.25) is 5.02 Å². The number of carbonyl (C=O) groups is 1. The van der Waals surface area contributed by atoms with Gasteiger partial charge in [-0.1, -0.05) is 18.0 Å². The number of aromatic nitrogens is 1. The van der Waals surface area contributed by atoms with Crippen LogP contribution in [0.25, 0.3) is 16.6 Å². The van der Waals surface area contributed by atoms with E-state index in [1.165, 1.54) is 6.42 Å². The first-order chi connectivity index (χ1) is 13.0. The minimum atomic E-state index is 0.137. The molecule has 1 saturated heterocycles. The van der Waals surface area contributed by atoms with Gasteiger partial charge in [0.15, 0.2) is 5.78 Å². The van der Waals surface area contributed by atoms with Crippen molar-refractivity contribution in [3.63, 3.8) is 0 Å². The quantitative estimate of drug-likeness (QED) is 0.648. The number of carbonyl (C=O) groups excluding carboxylic acids is 1. The van der Waals surface area contributed by atoms with Crippen molar-refractivity contribution in [3.8, 4) is 11.4 Å².